The summed E-state index contributed by atoms with van der Waals surface area (Å²) in [5.41, 5.74) is 2.11. The van der Waals surface area contributed by atoms with Crippen LogP contribution in [0.25, 0.3) is 10.6 Å². The Labute approximate surface area is 208 Å². The lowest BCUT2D eigenvalue weighted by Gasteiger charge is -2.26. The topological polar surface area (TPSA) is 101 Å². The molecule has 0 atom stereocenters. The Kier molecular flexibility index (Phi) is 7.42. The number of hydrogen-bond acceptors (Lipinski definition) is 7. The SMILES string of the molecule is CCc1ccccc1N(CC(=O)Nc1nnc(-c2ccc(OC)cc2)s1)S(=O)(=O)c1ccccc1. The number of aryl methyl sites for hydroxylation is 1. The molecule has 10 heteroatoms. The zero-order valence-electron chi connectivity index (χ0n) is 19.2. The fourth-order valence-corrected chi connectivity index (χ4v) is 5.73. The first kappa shape index (κ1) is 24.4. The maximum Gasteiger partial charge on any atom is 0.264 e. The highest BCUT2D eigenvalue weighted by Crippen LogP contribution is 2.29. The Morgan fingerprint density at radius 3 is 2.34 bits per heavy atom. The van der Waals surface area contributed by atoms with Gasteiger partial charge in [0, 0.05) is 5.56 Å². The molecule has 0 saturated heterocycles. The molecule has 0 unspecified atom stereocenters. The Morgan fingerprint density at radius 1 is 0.971 bits per heavy atom. The van der Waals surface area contributed by atoms with Crippen molar-refractivity contribution < 1.29 is 17.9 Å². The molecule has 180 valence electrons. The summed E-state index contributed by atoms with van der Waals surface area (Å²) in [6.45, 7) is 1.53. The largest absolute Gasteiger partial charge is 0.497 e. The lowest BCUT2D eigenvalue weighted by atomic mass is 10.1. The van der Waals surface area contributed by atoms with Crippen molar-refractivity contribution in [2.45, 2.75) is 18.2 Å². The third kappa shape index (κ3) is 5.50. The molecule has 1 amide bonds. The van der Waals surface area contributed by atoms with Crippen LogP contribution in [-0.4, -0.2) is 38.2 Å². The van der Waals surface area contributed by atoms with Crippen LogP contribution >= 0.6 is 11.3 Å². The van der Waals surface area contributed by atoms with E-state index in [4.69, 9.17) is 4.74 Å². The lowest BCUT2D eigenvalue weighted by Crippen LogP contribution is -2.38. The van der Waals surface area contributed by atoms with Gasteiger partial charge in [0.2, 0.25) is 11.0 Å². The smallest absolute Gasteiger partial charge is 0.264 e. The molecule has 1 N–H and O–H groups in total. The van der Waals surface area contributed by atoms with E-state index in [2.05, 4.69) is 15.5 Å². The molecule has 0 spiro atoms. The minimum Gasteiger partial charge on any atom is -0.497 e. The first-order valence-electron chi connectivity index (χ1n) is 10.9. The van der Waals surface area contributed by atoms with Crippen molar-refractivity contribution in [1.29, 1.82) is 0 Å². The highest BCUT2D eigenvalue weighted by molar-refractivity contribution is 7.92. The summed E-state index contributed by atoms with van der Waals surface area (Å²) in [5, 5.41) is 11.8. The van der Waals surface area contributed by atoms with Crippen molar-refractivity contribution in [2.24, 2.45) is 0 Å². The van der Waals surface area contributed by atoms with E-state index in [0.29, 0.717) is 17.1 Å². The second-order valence-electron chi connectivity index (χ2n) is 7.50. The number of rotatable bonds is 9. The molecule has 0 fully saturated rings. The van der Waals surface area contributed by atoms with E-state index in [-0.39, 0.29) is 10.0 Å². The molecule has 1 heterocycles. The normalized spacial score (nSPS) is 11.1. The second kappa shape index (κ2) is 10.7. The van der Waals surface area contributed by atoms with Crippen LogP contribution in [0.2, 0.25) is 0 Å². The van der Waals surface area contributed by atoms with Crippen molar-refractivity contribution >= 4 is 38.1 Å². The quantitative estimate of drug-likeness (QED) is 0.354. The number of para-hydroxylation sites is 1. The third-order valence-corrected chi connectivity index (χ3v) is 7.93. The Bertz CT molecular complexity index is 1400. The third-order valence-electron chi connectivity index (χ3n) is 5.27. The summed E-state index contributed by atoms with van der Waals surface area (Å²) in [5.74, 6) is 0.201. The van der Waals surface area contributed by atoms with Gasteiger partial charge in [0.15, 0.2) is 0 Å². The average molecular weight is 509 g/mol. The number of benzene rings is 3. The molecule has 0 aliphatic heterocycles. The molecule has 0 radical (unpaired) electrons. The molecule has 1 aromatic heterocycles. The van der Waals surface area contributed by atoms with Crippen LogP contribution in [0, 0.1) is 0 Å². The summed E-state index contributed by atoms with van der Waals surface area (Å²) < 4.78 is 33.4. The number of carbonyl (C=O) groups excluding carboxylic acids is 1. The number of sulfonamides is 1. The Hall–Kier alpha value is -3.76. The molecule has 0 aliphatic carbocycles. The van der Waals surface area contributed by atoms with E-state index in [1.165, 1.54) is 23.5 Å². The predicted octanol–water partition coefficient (Wildman–Crippen LogP) is 4.61. The number of nitrogens with one attached hydrogen (secondary N) is 1. The van der Waals surface area contributed by atoms with Gasteiger partial charge in [0.05, 0.1) is 17.7 Å². The van der Waals surface area contributed by atoms with Gasteiger partial charge in [-0.2, -0.15) is 0 Å². The van der Waals surface area contributed by atoms with Crippen molar-refractivity contribution in [3.63, 3.8) is 0 Å². The molecule has 0 saturated carbocycles. The van der Waals surface area contributed by atoms with Gasteiger partial charge in [-0.05, 0) is 54.4 Å². The van der Waals surface area contributed by atoms with Gasteiger partial charge in [-0.15, -0.1) is 10.2 Å². The number of aromatic nitrogens is 2. The molecular weight excluding hydrogens is 484 g/mol. The number of methoxy groups -OCH3 is 1. The van der Waals surface area contributed by atoms with Crippen molar-refractivity contribution in [1.82, 2.24) is 10.2 Å². The highest BCUT2D eigenvalue weighted by Gasteiger charge is 2.28. The van der Waals surface area contributed by atoms with Crippen molar-refractivity contribution in [2.75, 3.05) is 23.3 Å². The Morgan fingerprint density at radius 2 is 1.66 bits per heavy atom. The minimum atomic E-state index is -3.99. The maximum atomic E-state index is 13.5. The summed E-state index contributed by atoms with van der Waals surface area (Å²) >= 11 is 1.20. The molecule has 4 rings (SSSR count). The zero-order valence-corrected chi connectivity index (χ0v) is 20.8. The van der Waals surface area contributed by atoms with Gasteiger partial charge in [-0.1, -0.05) is 54.7 Å². The molecule has 0 aliphatic rings. The van der Waals surface area contributed by atoms with Gasteiger partial charge < -0.3 is 4.74 Å². The monoisotopic (exact) mass is 508 g/mol. The van der Waals surface area contributed by atoms with Crippen LogP contribution in [-0.2, 0) is 21.2 Å². The summed E-state index contributed by atoms with van der Waals surface area (Å²) in [6.07, 6.45) is 0.611. The van der Waals surface area contributed by atoms with Crippen molar-refractivity contribution in [3.05, 3.63) is 84.4 Å². The second-order valence-corrected chi connectivity index (χ2v) is 10.3. The molecule has 4 aromatic rings. The first-order chi connectivity index (χ1) is 16.9. The molecule has 3 aromatic carbocycles. The fourth-order valence-electron chi connectivity index (χ4n) is 3.49. The van der Waals surface area contributed by atoms with Crippen LogP contribution in [0.5, 0.6) is 5.75 Å². The van der Waals surface area contributed by atoms with Crippen molar-refractivity contribution in [3.8, 4) is 16.3 Å². The number of carbonyl (C=O) groups is 1. The minimum absolute atomic E-state index is 0.108. The van der Waals surface area contributed by atoms with E-state index >= 15 is 0 Å². The number of anilines is 2. The van der Waals surface area contributed by atoms with Crippen LogP contribution in [0.1, 0.15) is 12.5 Å². The van der Waals surface area contributed by atoms with Crippen LogP contribution in [0.3, 0.4) is 0 Å². The summed E-state index contributed by atoms with van der Waals surface area (Å²) in [4.78, 5) is 13.1. The number of hydrogen-bond donors (Lipinski definition) is 1. The maximum absolute atomic E-state index is 13.5. The molecular formula is C25H24N4O4S2. The number of nitrogens with zero attached hydrogens (tertiary/aromatic N) is 3. The first-order valence-corrected chi connectivity index (χ1v) is 13.1. The van der Waals surface area contributed by atoms with E-state index < -0.39 is 22.5 Å². The standard InChI is InChI=1S/C25H24N4O4S2/c1-3-18-9-7-8-12-22(18)29(35(31,32)21-10-5-4-6-11-21)17-23(30)26-25-28-27-24(34-25)19-13-15-20(33-2)16-14-19/h4-16H,3,17H2,1-2H3,(H,26,28,30). The van der Waals surface area contributed by atoms with Crippen LogP contribution in [0.15, 0.2) is 83.8 Å². The van der Waals surface area contributed by atoms with E-state index in [1.807, 2.05) is 43.3 Å². The lowest BCUT2D eigenvalue weighted by molar-refractivity contribution is -0.114. The molecule has 0 bridgehead atoms. The van der Waals surface area contributed by atoms with E-state index in [9.17, 15) is 13.2 Å². The zero-order chi connectivity index (χ0) is 24.8. The predicted molar refractivity (Wildman–Crippen MR) is 137 cm³/mol. The average Bonchev–Trinajstić information content (AvgIpc) is 3.36. The van der Waals surface area contributed by atoms with Gasteiger partial charge in [-0.25, -0.2) is 8.42 Å². The van der Waals surface area contributed by atoms with E-state index in [1.54, 1.807) is 37.4 Å². The molecule has 8 nitrogen and oxygen atoms in total. The number of amides is 1. The molecule has 35 heavy (non-hydrogen) atoms. The Balaban J connectivity index is 1.59. The van der Waals surface area contributed by atoms with Gasteiger partial charge >= 0.3 is 0 Å². The van der Waals surface area contributed by atoms with Crippen LogP contribution < -0.4 is 14.4 Å². The van der Waals surface area contributed by atoms with Gasteiger partial charge in [0.25, 0.3) is 10.0 Å². The summed E-state index contributed by atoms with van der Waals surface area (Å²) in [7, 11) is -2.40. The summed E-state index contributed by atoms with van der Waals surface area (Å²) in [6, 6.07) is 22.6. The fraction of sp³-hybridized carbons (Fsp3) is 0.160. The van der Waals surface area contributed by atoms with Gasteiger partial charge in [0.1, 0.15) is 17.3 Å². The van der Waals surface area contributed by atoms with Crippen LogP contribution in [0.4, 0.5) is 10.8 Å². The number of ether oxygens (including phenoxy) is 1. The van der Waals surface area contributed by atoms with E-state index in [0.717, 1.165) is 21.2 Å². The highest BCUT2D eigenvalue weighted by atomic mass is 32.2. The van der Waals surface area contributed by atoms with Gasteiger partial charge in [-0.3, -0.25) is 14.4 Å².